The highest BCUT2D eigenvalue weighted by molar-refractivity contribution is 7.92. The summed E-state index contributed by atoms with van der Waals surface area (Å²) in [7, 11) is -1.65. The van der Waals surface area contributed by atoms with E-state index in [1.54, 1.807) is 31.2 Å². The van der Waals surface area contributed by atoms with E-state index in [4.69, 9.17) is 11.6 Å². The number of carbonyl (C=O) groups is 1. The molecule has 0 aliphatic carbocycles. The first kappa shape index (κ1) is 23.0. The van der Waals surface area contributed by atoms with Gasteiger partial charge in [0.2, 0.25) is 15.9 Å². The maximum atomic E-state index is 12.8. The van der Waals surface area contributed by atoms with Crippen molar-refractivity contribution in [1.29, 1.82) is 0 Å². The number of benzene rings is 2. The van der Waals surface area contributed by atoms with Crippen LogP contribution in [0.3, 0.4) is 0 Å². The molecule has 6 nitrogen and oxygen atoms in total. The summed E-state index contributed by atoms with van der Waals surface area (Å²) in [4.78, 5) is 14.9. The summed E-state index contributed by atoms with van der Waals surface area (Å²) in [5.41, 5.74) is 1.53. The van der Waals surface area contributed by atoms with Gasteiger partial charge in [0.15, 0.2) is 0 Å². The van der Waals surface area contributed by atoms with Crippen LogP contribution in [0.2, 0.25) is 5.02 Å². The van der Waals surface area contributed by atoms with Crippen molar-refractivity contribution in [3.05, 3.63) is 59.6 Å². The van der Waals surface area contributed by atoms with Gasteiger partial charge in [-0.15, -0.1) is 0 Å². The zero-order chi connectivity index (χ0) is 21.4. The van der Waals surface area contributed by atoms with Crippen LogP contribution in [0.15, 0.2) is 54.6 Å². The molecular formula is C21H28ClN3O3S. The maximum absolute atomic E-state index is 12.8. The van der Waals surface area contributed by atoms with Gasteiger partial charge in [-0.05, 0) is 49.2 Å². The number of hydrogen-bond donors (Lipinski definition) is 1. The molecule has 0 aliphatic rings. The van der Waals surface area contributed by atoms with Gasteiger partial charge in [-0.3, -0.25) is 9.10 Å². The smallest absolute Gasteiger partial charge is 0.243 e. The van der Waals surface area contributed by atoms with E-state index in [-0.39, 0.29) is 5.91 Å². The van der Waals surface area contributed by atoms with E-state index in [2.05, 4.69) is 10.2 Å². The number of rotatable bonds is 10. The van der Waals surface area contributed by atoms with E-state index in [0.29, 0.717) is 23.7 Å². The molecule has 2 aromatic rings. The first-order valence-corrected chi connectivity index (χ1v) is 11.8. The Morgan fingerprint density at radius 3 is 2.24 bits per heavy atom. The lowest BCUT2D eigenvalue weighted by molar-refractivity contribution is -0.122. The van der Waals surface area contributed by atoms with Gasteiger partial charge < -0.3 is 10.2 Å². The molecule has 0 unspecified atom stereocenters. The van der Waals surface area contributed by atoms with Crippen molar-refractivity contribution in [2.24, 2.45) is 0 Å². The first-order chi connectivity index (χ1) is 13.7. The number of amides is 1. The number of halogens is 1. The van der Waals surface area contributed by atoms with Crippen molar-refractivity contribution >= 4 is 38.9 Å². The third-order valence-electron chi connectivity index (χ3n) is 4.58. The number of anilines is 2. The molecule has 0 saturated heterocycles. The summed E-state index contributed by atoms with van der Waals surface area (Å²) in [6.45, 7) is 3.03. The van der Waals surface area contributed by atoms with Crippen LogP contribution in [0, 0.1) is 0 Å². The van der Waals surface area contributed by atoms with Crippen molar-refractivity contribution in [3.63, 3.8) is 0 Å². The lowest BCUT2D eigenvalue weighted by atomic mass is 10.2. The van der Waals surface area contributed by atoms with Crippen molar-refractivity contribution < 1.29 is 13.2 Å². The minimum atomic E-state index is -3.65. The standard InChI is InChI=1S/C21H28ClN3O3S/c1-4-20(25(29(3,27)28)19-13-11-17(22)12-14-19)21(26)23-15-8-16-24(2)18-9-6-5-7-10-18/h5-7,9-14,20H,4,8,15-16H2,1-3H3,(H,23,26)/t20-/m1/s1. The summed E-state index contributed by atoms with van der Waals surface area (Å²) >= 11 is 5.91. The topological polar surface area (TPSA) is 69.7 Å². The third-order valence-corrected chi connectivity index (χ3v) is 6.01. The van der Waals surface area contributed by atoms with Crippen molar-refractivity contribution in [2.75, 3.05) is 35.6 Å². The number of nitrogens with one attached hydrogen (secondary N) is 1. The van der Waals surface area contributed by atoms with Crippen molar-refractivity contribution in [3.8, 4) is 0 Å². The molecule has 1 amide bonds. The Bertz CT molecular complexity index is 889. The maximum Gasteiger partial charge on any atom is 0.243 e. The molecule has 0 heterocycles. The zero-order valence-corrected chi connectivity index (χ0v) is 18.6. The van der Waals surface area contributed by atoms with E-state index < -0.39 is 16.1 Å². The lowest BCUT2D eigenvalue weighted by Gasteiger charge is -2.30. The number of nitrogens with zero attached hydrogens (tertiary/aromatic N) is 2. The molecule has 8 heteroatoms. The van der Waals surface area contributed by atoms with E-state index in [1.807, 2.05) is 37.4 Å². The van der Waals surface area contributed by atoms with Crippen LogP contribution in [-0.2, 0) is 14.8 Å². The molecule has 0 fully saturated rings. The van der Waals surface area contributed by atoms with Crippen LogP contribution in [0.25, 0.3) is 0 Å². The van der Waals surface area contributed by atoms with Crippen LogP contribution in [-0.4, -0.2) is 46.8 Å². The Kier molecular flexibility index (Phi) is 8.34. The molecule has 1 atom stereocenters. The van der Waals surface area contributed by atoms with E-state index in [0.717, 1.165) is 29.2 Å². The van der Waals surface area contributed by atoms with Gasteiger partial charge in [0.05, 0.1) is 11.9 Å². The fraction of sp³-hybridized carbons (Fsp3) is 0.381. The van der Waals surface area contributed by atoms with Crippen LogP contribution in [0.4, 0.5) is 11.4 Å². The summed E-state index contributed by atoms with van der Waals surface area (Å²) in [5.74, 6) is -0.310. The number of sulfonamides is 1. The van der Waals surface area contributed by atoms with Crippen LogP contribution < -0.4 is 14.5 Å². The Labute approximate surface area is 178 Å². The predicted molar refractivity (Wildman–Crippen MR) is 120 cm³/mol. The van der Waals surface area contributed by atoms with E-state index in [9.17, 15) is 13.2 Å². The average Bonchev–Trinajstić information content (AvgIpc) is 2.69. The van der Waals surface area contributed by atoms with Gasteiger partial charge in [0, 0.05) is 30.8 Å². The fourth-order valence-electron chi connectivity index (χ4n) is 3.11. The molecule has 0 aliphatic heterocycles. The highest BCUT2D eigenvalue weighted by atomic mass is 35.5. The molecule has 0 aromatic heterocycles. The van der Waals surface area contributed by atoms with Gasteiger partial charge >= 0.3 is 0 Å². The van der Waals surface area contributed by atoms with E-state index >= 15 is 0 Å². The minimum absolute atomic E-state index is 0.310. The second-order valence-corrected chi connectivity index (χ2v) is 9.16. The second kappa shape index (κ2) is 10.5. The Hall–Kier alpha value is -2.25. The molecule has 2 aromatic carbocycles. The Morgan fingerprint density at radius 1 is 1.07 bits per heavy atom. The van der Waals surface area contributed by atoms with Gasteiger partial charge in [0.25, 0.3) is 0 Å². The van der Waals surface area contributed by atoms with E-state index in [1.165, 1.54) is 0 Å². The molecular weight excluding hydrogens is 410 g/mol. The largest absolute Gasteiger partial charge is 0.375 e. The average molecular weight is 438 g/mol. The number of carbonyl (C=O) groups excluding carboxylic acids is 1. The SMILES string of the molecule is CC[C@H](C(=O)NCCCN(C)c1ccccc1)N(c1ccc(Cl)cc1)S(C)(=O)=O. The fourth-order valence-corrected chi connectivity index (χ4v) is 4.44. The van der Waals surface area contributed by atoms with Crippen LogP contribution in [0.5, 0.6) is 0 Å². The minimum Gasteiger partial charge on any atom is -0.375 e. The normalized spacial score (nSPS) is 12.3. The van der Waals surface area contributed by atoms with Crippen LogP contribution in [0.1, 0.15) is 19.8 Å². The monoisotopic (exact) mass is 437 g/mol. The second-order valence-electron chi connectivity index (χ2n) is 6.86. The molecule has 0 saturated carbocycles. The molecule has 1 N–H and O–H groups in total. The molecule has 0 spiro atoms. The molecule has 2 rings (SSSR count). The Balaban J connectivity index is 1.99. The summed E-state index contributed by atoms with van der Waals surface area (Å²) in [6, 6.07) is 15.6. The summed E-state index contributed by atoms with van der Waals surface area (Å²) in [5, 5.41) is 3.38. The van der Waals surface area contributed by atoms with Gasteiger partial charge in [-0.1, -0.05) is 36.7 Å². The van der Waals surface area contributed by atoms with Crippen molar-refractivity contribution in [2.45, 2.75) is 25.8 Å². The number of para-hydroxylation sites is 1. The quantitative estimate of drug-likeness (QED) is 0.577. The zero-order valence-electron chi connectivity index (χ0n) is 17.0. The predicted octanol–water partition coefficient (Wildman–Crippen LogP) is 3.53. The molecule has 0 bridgehead atoms. The van der Waals surface area contributed by atoms with Gasteiger partial charge in [-0.2, -0.15) is 0 Å². The summed E-state index contributed by atoms with van der Waals surface area (Å²) in [6.07, 6.45) is 2.20. The first-order valence-electron chi connectivity index (χ1n) is 9.53. The third kappa shape index (κ3) is 6.65. The van der Waals surface area contributed by atoms with Gasteiger partial charge in [-0.25, -0.2) is 8.42 Å². The van der Waals surface area contributed by atoms with Crippen LogP contribution >= 0.6 is 11.6 Å². The molecule has 0 radical (unpaired) electrons. The highest BCUT2D eigenvalue weighted by Gasteiger charge is 2.31. The molecule has 29 heavy (non-hydrogen) atoms. The van der Waals surface area contributed by atoms with Crippen molar-refractivity contribution in [1.82, 2.24) is 5.32 Å². The van der Waals surface area contributed by atoms with Gasteiger partial charge in [0.1, 0.15) is 6.04 Å². The summed E-state index contributed by atoms with van der Waals surface area (Å²) < 4.78 is 26.0. The molecule has 158 valence electrons. The Morgan fingerprint density at radius 2 is 1.69 bits per heavy atom. The highest BCUT2D eigenvalue weighted by Crippen LogP contribution is 2.24. The number of hydrogen-bond acceptors (Lipinski definition) is 4. The lowest BCUT2D eigenvalue weighted by Crippen LogP contribution is -2.49.